The Balaban J connectivity index is 3.72. The Kier molecular flexibility index (Phi) is 9.21. The molecule has 0 amide bonds. The topological polar surface area (TPSA) is 112 Å². The fraction of sp³-hybridized carbons (Fsp3) is 0.700. The van der Waals surface area contributed by atoms with Gasteiger partial charge in [0, 0.05) is 0 Å². The Bertz CT molecular complexity index is 912. The molecule has 1 heterocycles. The normalized spacial score (nSPS) is 16.4. The lowest BCUT2D eigenvalue weighted by Gasteiger charge is -2.34. The molecule has 30 heavy (non-hydrogen) atoms. The molecule has 3 N–H and O–H groups in total. The van der Waals surface area contributed by atoms with Crippen molar-refractivity contribution in [1.29, 1.82) is 5.26 Å². The first-order chi connectivity index (χ1) is 13.8. The summed E-state index contributed by atoms with van der Waals surface area (Å²) in [5.74, 6) is -0.696. The summed E-state index contributed by atoms with van der Waals surface area (Å²) >= 11 is 3.40. The summed E-state index contributed by atoms with van der Waals surface area (Å²) < 4.78 is 32.8. The van der Waals surface area contributed by atoms with Crippen LogP contribution < -0.4 is 10.9 Å². The van der Waals surface area contributed by atoms with E-state index in [9.17, 15) is 9.47 Å². The van der Waals surface area contributed by atoms with E-state index < -0.39 is 33.9 Å². The molecule has 0 unspecified atom stereocenters. The predicted octanol–water partition coefficient (Wildman–Crippen LogP) is 3.64. The summed E-state index contributed by atoms with van der Waals surface area (Å²) in [7, 11) is -5.30. The first-order valence-electron chi connectivity index (χ1n) is 10.2. The van der Waals surface area contributed by atoms with Crippen molar-refractivity contribution in [2.75, 3.05) is 18.9 Å². The quantitative estimate of drug-likeness (QED) is 0.361. The molecule has 0 spiro atoms. The van der Waals surface area contributed by atoms with Crippen LogP contribution in [0.15, 0.2) is 15.0 Å². The molecule has 1 aromatic heterocycles. The van der Waals surface area contributed by atoms with Crippen molar-refractivity contribution in [3.63, 3.8) is 0 Å². The van der Waals surface area contributed by atoms with Crippen LogP contribution in [0.3, 0.4) is 0 Å². The van der Waals surface area contributed by atoms with E-state index in [4.69, 9.17) is 10.8 Å². The molecule has 1 aromatic rings. The van der Waals surface area contributed by atoms with Crippen LogP contribution in [0.2, 0.25) is 18.1 Å². The first kappa shape index (κ1) is 27.2. The van der Waals surface area contributed by atoms with Gasteiger partial charge in [-0.15, -0.1) is 0 Å². The Morgan fingerprint density at radius 1 is 1.33 bits per heavy atom. The number of nitrogens with two attached hydrogens (primary N) is 1. The molecule has 0 aromatic carbocycles. The second kappa shape index (κ2) is 10.2. The molecule has 0 fully saturated rings. The summed E-state index contributed by atoms with van der Waals surface area (Å²) in [5.41, 5.74) is 5.13. The number of pyridine rings is 1. The van der Waals surface area contributed by atoms with Gasteiger partial charge in [0.2, 0.25) is 0 Å². The zero-order valence-corrected chi connectivity index (χ0v) is 22.2. The van der Waals surface area contributed by atoms with Crippen LogP contribution in [0.1, 0.15) is 47.2 Å². The molecule has 0 aliphatic heterocycles. The largest absolute Gasteiger partial charge is 0.394 e. The number of halogens is 2. The van der Waals surface area contributed by atoms with Gasteiger partial charge in [0.1, 0.15) is 15.2 Å². The second-order valence-electron chi connectivity index (χ2n) is 8.40. The smallest absolute Gasteiger partial charge is 0.145 e. The molecule has 0 saturated heterocycles. The fourth-order valence-electron chi connectivity index (χ4n) is 3.71. The highest BCUT2D eigenvalue weighted by Crippen LogP contribution is 2.31. The number of aliphatic hydroxyl groups is 1. The summed E-state index contributed by atoms with van der Waals surface area (Å²) in [5, 5.41) is 19.4. The van der Waals surface area contributed by atoms with Crippen LogP contribution in [0.25, 0.3) is 0 Å². The van der Waals surface area contributed by atoms with E-state index in [-0.39, 0.29) is 24.6 Å². The molecule has 0 bridgehead atoms. The molecule has 0 radical (unpaired) electrons. The van der Waals surface area contributed by atoms with Crippen LogP contribution in [0.5, 0.6) is 0 Å². The third-order valence-corrected chi connectivity index (χ3v) is 15.3. The van der Waals surface area contributed by atoms with Gasteiger partial charge in [-0.25, -0.2) is 17.9 Å². The lowest BCUT2D eigenvalue weighted by atomic mass is 10.0. The van der Waals surface area contributed by atoms with Crippen LogP contribution in [0.4, 0.5) is 4.39 Å². The number of hydrogen-bond donors (Lipinski definition) is 2. The molecule has 2 atom stereocenters. The maximum atomic E-state index is 15.9. The first-order valence-corrected chi connectivity index (χ1v) is 15.3. The minimum Gasteiger partial charge on any atom is -0.394 e. The standard InChI is InChI=1S/C20H34BrFN4O2SSi/c1-7-30(8-2,9-3)15-12-16(21)26-18(17(15)22)20(6,24)14-29(28,25-10-11-27)19(4,5)13-23/h12,27H,7-11,14,24H2,1-6H3/t20-,29-/m0/s1. The van der Waals surface area contributed by atoms with Crippen LogP contribution >= 0.6 is 15.9 Å². The van der Waals surface area contributed by atoms with Gasteiger partial charge in [0.15, 0.2) is 0 Å². The molecule has 0 saturated carbocycles. The summed E-state index contributed by atoms with van der Waals surface area (Å²) in [4.78, 5) is 4.33. The second-order valence-corrected chi connectivity index (χ2v) is 17.3. The van der Waals surface area contributed by atoms with E-state index >= 15 is 4.39 Å². The highest BCUT2D eigenvalue weighted by atomic mass is 79.9. The Morgan fingerprint density at radius 2 is 1.87 bits per heavy atom. The van der Waals surface area contributed by atoms with Crippen molar-refractivity contribution in [2.45, 2.75) is 70.0 Å². The van der Waals surface area contributed by atoms with Crippen molar-refractivity contribution >= 4 is 38.9 Å². The molecule has 0 aliphatic rings. The average molecular weight is 522 g/mol. The third kappa shape index (κ3) is 5.30. The molecular formula is C20H34BrFN4O2SSi. The highest BCUT2D eigenvalue weighted by Gasteiger charge is 2.42. The number of aromatic nitrogens is 1. The molecular weight excluding hydrogens is 487 g/mol. The number of nitrogens with zero attached hydrogens (tertiary/aromatic N) is 3. The van der Waals surface area contributed by atoms with Crippen molar-refractivity contribution in [3.05, 3.63) is 22.2 Å². The Hall–Kier alpha value is -0.863. The van der Waals surface area contributed by atoms with Crippen LogP contribution in [-0.2, 0) is 15.3 Å². The summed E-state index contributed by atoms with van der Waals surface area (Å²) in [6, 6.07) is 6.45. The number of rotatable bonds is 10. The number of nitriles is 1. The summed E-state index contributed by atoms with van der Waals surface area (Å²) in [6.07, 6.45) is 0. The Morgan fingerprint density at radius 3 is 2.30 bits per heavy atom. The van der Waals surface area contributed by atoms with Gasteiger partial charge in [-0.05, 0) is 48.0 Å². The van der Waals surface area contributed by atoms with Gasteiger partial charge < -0.3 is 10.8 Å². The molecule has 6 nitrogen and oxygen atoms in total. The minimum absolute atomic E-state index is 0.0276. The van der Waals surface area contributed by atoms with Gasteiger partial charge in [0.05, 0.1) is 54.0 Å². The van der Waals surface area contributed by atoms with Gasteiger partial charge in [0.25, 0.3) is 0 Å². The van der Waals surface area contributed by atoms with E-state index in [1.165, 1.54) is 13.8 Å². The van der Waals surface area contributed by atoms with E-state index in [2.05, 4.69) is 46.0 Å². The maximum absolute atomic E-state index is 15.9. The SMILES string of the molecule is CC[Si](CC)(CC)c1cc(Br)nc([C@@](C)(N)C[S@@](=O)(=NCCO)C(C)(C)C#N)c1F. The summed E-state index contributed by atoms with van der Waals surface area (Å²) in [6.45, 7) is 10.5. The van der Waals surface area contributed by atoms with Crippen molar-refractivity contribution in [2.24, 2.45) is 10.1 Å². The molecule has 1 rings (SSSR count). The van der Waals surface area contributed by atoms with Gasteiger partial charge in [-0.3, -0.25) is 0 Å². The lowest BCUT2D eigenvalue weighted by Crippen LogP contribution is -2.51. The molecule has 10 heteroatoms. The third-order valence-electron chi connectivity index (χ3n) is 6.03. The van der Waals surface area contributed by atoms with E-state index in [0.29, 0.717) is 9.79 Å². The monoisotopic (exact) mass is 520 g/mol. The highest BCUT2D eigenvalue weighted by molar-refractivity contribution is 9.10. The van der Waals surface area contributed by atoms with Crippen LogP contribution in [-0.4, -0.2) is 46.0 Å². The minimum atomic E-state index is -3.21. The van der Waals surface area contributed by atoms with E-state index in [1.54, 1.807) is 13.0 Å². The van der Waals surface area contributed by atoms with Crippen molar-refractivity contribution < 1.29 is 13.7 Å². The zero-order chi connectivity index (χ0) is 23.4. The molecule has 170 valence electrons. The van der Waals surface area contributed by atoms with Gasteiger partial charge in [-0.1, -0.05) is 38.9 Å². The zero-order valence-electron chi connectivity index (χ0n) is 18.8. The lowest BCUT2D eigenvalue weighted by molar-refractivity contribution is 0.307. The molecule has 0 aliphatic carbocycles. The van der Waals surface area contributed by atoms with E-state index in [0.717, 1.165) is 18.1 Å². The Labute approximate surface area is 189 Å². The van der Waals surface area contributed by atoms with Crippen molar-refractivity contribution in [1.82, 2.24) is 4.98 Å². The van der Waals surface area contributed by atoms with Gasteiger partial charge >= 0.3 is 0 Å². The van der Waals surface area contributed by atoms with Crippen molar-refractivity contribution in [3.8, 4) is 6.07 Å². The van der Waals surface area contributed by atoms with Crippen LogP contribution in [0, 0.1) is 17.1 Å². The van der Waals surface area contributed by atoms with Gasteiger partial charge in [-0.2, -0.15) is 5.26 Å². The fourth-order valence-corrected chi connectivity index (χ4v) is 10.2. The van der Waals surface area contributed by atoms with E-state index in [1.807, 2.05) is 6.07 Å². The number of aliphatic hydroxyl groups excluding tert-OH is 1. The number of hydrogen-bond acceptors (Lipinski definition) is 6. The predicted molar refractivity (Wildman–Crippen MR) is 127 cm³/mol. The maximum Gasteiger partial charge on any atom is 0.145 e. The average Bonchev–Trinajstić information content (AvgIpc) is 2.69.